The van der Waals surface area contributed by atoms with Crippen LogP contribution in [0.3, 0.4) is 0 Å². The third-order valence-corrected chi connectivity index (χ3v) is 8.68. The highest BCUT2D eigenvalue weighted by Gasteiger charge is 2.34. The smallest absolute Gasteiger partial charge is 0.256 e. The lowest BCUT2D eigenvalue weighted by molar-refractivity contribution is -0.140. The largest absolute Gasteiger partial charge is 0.389 e. The third kappa shape index (κ3) is 15.0. The molecule has 3 atom stereocenters. The minimum absolute atomic E-state index is 0.100. The van der Waals surface area contributed by atoms with Gasteiger partial charge in [-0.2, -0.15) is 0 Å². The number of carbonyl (C=O) groups excluding carboxylic acids is 9. The number of imide groups is 3. The van der Waals surface area contributed by atoms with Crippen molar-refractivity contribution in [3.63, 3.8) is 0 Å². The molecule has 0 aliphatic carbocycles. The van der Waals surface area contributed by atoms with Gasteiger partial charge in [-0.1, -0.05) is 19.7 Å². The SMILES string of the molecule is C=C1CC(=O)N(CCC(=O)NCC(O)COCC(COCC(O)CNC(=O)CCN2C(=O)CC(=C)C2=O)OCC(O)CNC(=O)CCN2C(=O)CC(=C)C2=O)C1=O. The van der Waals surface area contributed by atoms with Crippen LogP contribution in [0, 0.1) is 0 Å². The van der Waals surface area contributed by atoms with Crippen LogP contribution in [0.25, 0.3) is 0 Å². The highest BCUT2D eigenvalue weighted by atomic mass is 16.6. The number of ether oxygens (including phenoxy) is 3. The molecule has 3 aliphatic rings. The lowest BCUT2D eigenvalue weighted by Gasteiger charge is -2.22. The molecule has 3 fully saturated rings. The highest BCUT2D eigenvalue weighted by molar-refractivity contribution is 6.14. The molecule has 6 N–H and O–H groups in total. The first-order chi connectivity index (χ1) is 27.0. The van der Waals surface area contributed by atoms with Crippen LogP contribution in [-0.2, 0) is 57.4 Å². The minimum atomic E-state index is -1.22. The van der Waals surface area contributed by atoms with E-state index in [1.165, 1.54) is 0 Å². The fraction of sp³-hybridized carbons (Fsp3) is 0.583. The summed E-state index contributed by atoms with van der Waals surface area (Å²) in [4.78, 5) is 111. The number of nitrogens with zero attached hydrogens (tertiary/aromatic N) is 3. The number of carbonyl (C=O) groups is 9. The van der Waals surface area contributed by atoms with Crippen molar-refractivity contribution in [3.05, 3.63) is 36.5 Å². The van der Waals surface area contributed by atoms with E-state index in [0.29, 0.717) is 0 Å². The summed E-state index contributed by atoms with van der Waals surface area (Å²) >= 11 is 0. The average molecular weight is 807 g/mol. The number of aliphatic hydroxyl groups excluding tert-OH is 3. The van der Waals surface area contributed by atoms with E-state index < -0.39 is 77.6 Å². The molecule has 0 spiro atoms. The highest BCUT2D eigenvalue weighted by Crippen LogP contribution is 2.18. The van der Waals surface area contributed by atoms with Crippen LogP contribution in [0.5, 0.6) is 0 Å². The fourth-order valence-corrected chi connectivity index (χ4v) is 5.49. The zero-order chi connectivity index (χ0) is 42.2. The number of rotatable bonds is 26. The summed E-state index contributed by atoms with van der Waals surface area (Å²) in [6, 6.07) is 0. The molecule has 21 nitrogen and oxygen atoms in total. The molecular weight excluding hydrogens is 756 g/mol. The lowest BCUT2D eigenvalue weighted by atomic mass is 10.3. The zero-order valence-electron chi connectivity index (χ0n) is 31.5. The van der Waals surface area contributed by atoms with Crippen molar-refractivity contribution in [3.8, 4) is 0 Å². The molecule has 3 rings (SSSR count). The molecule has 57 heavy (non-hydrogen) atoms. The number of amides is 9. The van der Waals surface area contributed by atoms with Crippen molar-refractivity contribution < 1.29 is 72.7 Å². The predicted octanol–water partition coefficient (Wildman–Crippen LogP) is -4.05. The summed E-state index contributed by atoms with van der Waals surface area (Å²) in [5, 5.41) is 38.5. The summed E-state index contributed by atoms with van der Waals surface area (Å²) in [5.74, 6) is -4.54. The van der Waals surface area contributed by atoms with Gasteiger partial charge in [0.1, 0.15) is 6.10 Å². The second-order valence-corrected chi connectivity index (χ2v) is 13.5. The second-order valence-electron chi connectivity index (χ2n) is 13.5. The number of hydrogen-bond donors (Lipinski definition) is 6. The van der Waals surface area contributed by atoms with E-state index in [0.717, 1.165) is 14.7 Å². The van der Waals surface area contributed by atoms with Gasteiger partial charge in [0.2, 0.25) is 35.4 Å². The Morgan fingerprint density at radius 1 is 0.526 bits per heavy atom. The molecule has 0 saturated carbocycles. The van der Waals surface area contributed by atoms with Gasteiger partial charge in [-0.25, -0.2) is 0 Å². The van der Waals surface area contributed by atoms with Crippen LogP contribution < -0.4 is 16.0 Å². The van der Waals surface area contributed by atoms with Gasteiger partial charge in [0.05, 0.1) is 70.6 Å². The summed E-state index contributed by atoms with van der Waals surface area (Å²) in [5.41, 5.74) is 0.436. The van der Waals surface area contributed by atoms with E-state index in [9.17, 15) is 58.5 Å². The van der Waals surface area contributed by atoms with Gasteiger partial charge in [0, 0.05) is 75.3 Å². The Balaban J connectivity index is 1.40. The first-order valence-electron chi connectivity index (χ1n) is 18.2. The van der Waals surface area contributed by atoms with Gasteiger partial charge in [-0.3, -0.25) is 57.9 Å². The van der Waals surface area contributed by atoms with Crippen LogP contribution in [0.2, 0.25) is 0 Å². The summed E-state index contributed by atoms with van der Waals surface area (Å²) in [7, 11) is 0. The van der Waals surface area contributed by atoms with E-state index in [4.69, 9.17) is 14.2 Å². The van der Waals surface area contributed by atoms with Gasteiger partial charge < -0.3 is 45.5 Å². The summed E-state index contributed by atoms with van der Waals surface area (Å²) < 4.78 is 16.7. The maximum Gasteiger partial charge on any atom is 0.256 e. The molecule has 9 amide bonds. The van der Waals surface area contributed by atoms with E-state index in [1.54, 1.807) is 0 Å². The maximum absolute atomic E-state index is 12.3. The quantitative estimate of drug-likeness (QED) is 0.0358. The van der Waals surface area contributed by atoms with Crippen molar-refractivity contribution in [1.82, 2.24) is 30.7 Å². The van der Waals surface area contributed by atoms with Gasteiger partial charge in [-0.15, -0.1) is 0 Å². The molecular formula is C36H50N6O15. The summed E-state index contributed by atoms with van der Waals surface area (Å²) in [6.07, 6.45) is -5.35. The first-order valence-corrected chi connectivity index (χ1v) is 18.2. The molecule has 21 heteroatoms. The first kappa shape index (κ1) is 46.2. The minimum Gasteiger partial charge on any atom is -0.389 e. The van der Waals surface area contributed by atoms with Crippen molar-refractivity contribution in [2.75, 3.05) is 72.3 Å². The lowest BCUT2D eigenvalue weighted by Crippen LogP contribution is -2.40. The van der Waals surface area contributed by atoms with E-state index in [-0.39, 0.29) is 128 Å². The molecule has 0 bridgehead atoms. The van der Waals surface area contributed by atoms with Crippen LogP contribution in [-0.4, -0.2) is 180 Å². The average Bonchev–Trinajstić information content (AvgIpc) is 3.67. The monoisotopic (exact) mass is 806 g/mol. The Hall–Kier alpha value is -5.19. The Labute approximate surface area is 328 Å². The molecule has 3 heterocycles. The zero-order valence-corrected chi connectivity index (χ0v) is 31.5. The standard InChI is InChI=1S/C36H50N6O15/c1-21-10-31(49)40(34(21)52)7-4-28(46)37-13-24(43)16-55-19-27(57-18-26(45)15-39-30(48)6-9-42-33(51)12-23(3)36(42)54)20-56-17-25(44)14-38-29(47)5-8-41-32(50)11-22(2)35(41)53/h24-27,43-45H,1-20H2,(H,37,46)(H,38,47)(H,39,48). The summed E-state index contributed by atoms with van der Waals surface area (Å²) in [6.45, 7) is 8.12. The normalized spacial score (nSPS) is 18.2. The number of likely N-dealkylation sites (tertiary alicyclic amines) is 3. The van der Waals surface area contributed by atoms with Crippen LogP contribution in [0.15, 0.2) is 36.5 Å². The fourth-order valence-electron chi connectivity index (χ4n) is 5.49. The van der Waals surface area contributed by atoms with Crippen molar-refractivity contribution >= 4 is 53.2 Å². The van der Waals surface area contributed by atoms with Gasteiger partial charge in [-0.05, 0) is 0 Å². The number of hydrogen-bond acceptors (Lipinski definition) is 15. The Morgan fingerprint density at radius 3 is 1.11 bits per heavy atom. The second kappa shape index (κ2) is 22.5. The van der Waals surface area contributed by atoms with Crippen molar-refractivity contribution in [2.24, 2.45) is 0 Å². The number of nitrogens with one attached hydrogen (secondary N) is 3. The van der Waals surface area contributed by atoms with Gasteiger partial charge in [0.25, 0.3) is 17.7 Å². The van der Waals surface area contributed by atoms with Crippen LogP contribution in [0.4, 0.5) is 0 Å². The van der Waals surface area contributed by atoms with Gasteiger partial charge >= 0.3 is 0 Å². The Morgan fingerprint density at radius 2 is 0.825 bits per heavy atom. The Kier molecular flexibility index (Phi) is 18.3. The predicted molar refractivity (Wildman–Crippen MR) is 194 cm³/mol. The number of aliphatic hydroxyl groups is 3. The third-order valence-electron chi connectivity index (χ3n) is 8.68. The molecule has 0 aromatic heterocycles. The molecule has 0 radical (unpaired) electrons. The van der Waals surface area contributed by atoms with Crippen LogP contribution in [0.1, 0.15) is 38.5 Å². The molecule has 0 aromatic carbocycles. The topological polar surface area (TPSA) is 288 Å². The van der Waals surface area contributed by atoms with E-state index >= 15 is 0 Å². The van der Waals surface area contributed by atoms with E-state index in [1.807, 2.05) is 0 Å². The van der Waals surface area contributed by atoms with Crippen molar-refractivity contribution in [1.29, 1.82) is 0 Å². The van der Waals surface area contributed by atoms with Gasteiger partial charge in [0.15, 0.2) is 0 Å². The molecule has 3 aliphatic heterocycles. The molecule has 3 saturated heterocycles. The maximum atomic E-state index is 12.3. The van der Waals surface area contributed by atoms with E-state index in [2.05, 4.69) is 35.7 Å². The van der Waals surface area contributed by atoms with Crippen LogP contribution >= 0.6 is 0 Å². The molecule has 314 valence electrons. The molecule has 3 unspecified atom stereocenters. The Bertz CT molecular complexity index is 1540. The molecule has 0 aromatic rings. The van der Waals surface area contributed by atoms with Crippen molar-refractivity contribution in [2.45, 2.75) is 62.9 Å².